The van der Waals surface area contributed by atoms with Gasteiger partial charge in [0.1, 0.15) is 0 Å². The van der Waals surface area contributed by atoms with Crippen LogP contribution in [0, 0.1) is 27.7 Å². The van der Waals surface area contributed by atoms with E-state index in [2.05, 4.69) is 74.8 Å². The van der Waals surface area contributed by atoms with Gasteiger partial charge in [0.05, 0.1) is 11.7 Å². The van der Waals surface area contributed by atoms with Gasteiger partial charge in [-0.1, -0.05) is 12.1 Å². The zero-order valence-electron chi connectivity index (χ0n) is 13.4. The third kappa shape index (κ3) is 2.72. The highest BCUT2D eigenvalue weighted by molar-refractivity contribution is 5.54. The van der Waals surface area contributed by atoms with Gasteiger partial charge in [0.15, 0.2) is 0 Å². The fraction of sp³-hybridized carbons (Fsp3) is 0.471. The fourth-order valence-corrected chi connectivity index (χ4v) is 2.84. The highest BCUT2D eigenvalue weighted by atomic mass is 15.3. The maximum Gasteiger partial charge on any atom is 0.0649 e. The van der Waals surface area contributed by atoms with Crippen LogP contribution in [0.15, 0.2) is 18.2 Å². The Morgan fingerprint density at radius 3 is 2.50 bits per heavy atom. The van der Waals surface area contributed by atoms with Crippen LogP contribution < -0.4 is 5.32 Å². The van der Waals surface area contributed by atoms with Crippen LogP contribution in [0.1, 0.15) is 48.0 Å². The van der Waals surface area contributed by atoms with Gasteiger partial charge in [-0.05, 0) is 58.7 Å². The second-order valence-electron chi connectivity index (χ2n) is 5.58. The van der Waals surface area contributed by atoms with Gasteiger partial charge in [-0.3, -0.25) is 4.68 Å². The molecule has 0 spiro atoms. The number of aryl methyl sites for hydroxylation is 4. The van der Waals surface area contributed by atoms with E-state index in [1.807, 2.05) is 0 Å². The molecule has 3 nitrogen and oxygen atoms in total. The molecule has 1 heterocycles. The molecule has 0 saturated carbocycles. The van der Waals surface area contributed by atoms with Crippen LogP contribution in [0.2, 0.25) is 0 Å². The minimum absolute atomic E-state index is 0.260. The molecule has 1 aromatic carbocycles. The molecule has 2 aromatic rings. The van der Waals surface area contributed by atoms with Crippen molar-refractivity contribution in [3.8, 4) is 0 Å². The Kier molecular flexibility index (Phi) is 4.17. The highest BCUT2D eigenvalue weighted by Crippen LogP contribution is 2.27. The second-order valence-corrected chi connectivity index (χ2v) is 5.58. The van der Waals surface area contributed by atoms with Crippen molar-refractivity contribution < 1.29 is 0 Å². The molecule has 0 fully saturated rings. The molecule has 20 heavy (non-hydrogen) atoms. The molecule has 1 unspecified atom stereocenters. The van der Waals surface area contributed by atoms with Gasteiger partial charge < -0.3 is 5.32 Å². The lowest BCUT2D eigenvalue weighted by atomic mass is 10.0. The van der Waals surface area contributed by atoms with Crippen LogP contribution >= 0.6 is 0 Å². The van der Waals surface area contributed by atoms with Gasteiger partial charge in [0.25, 0.3) is 0 Å². The average Bonchev–Trinajstić information content (AvgIpc) is 2.68. The summed E-state index contributed by atoms with van der Waals surface area (Å²) in [5.74, 6) is 0. The summed E-state index contributed by atoms with van der Waals surface area (Å²) in [7, 11) is 0. The van der Waals surface area contributed by atoms with Crippen molar-refractivity contribution in [2.75, 3.05) is 5.32 Å². The van der Waals surface area contributed by atoms with E-state index in [9.17, 15) is 0 Å². The van der Waals surface area contributed by atoms with E-state index in [0.29, 0.717) is 0 Å². The third-order valence-electron chi connectivity index (χ3n) is 3.94. The first-order valence-electron chi connectivity index (χ1n) is 7.31. The summed E-state index contributed by atoms with van der Waals surface area (Å²) in [5.41, 5.74) is 7.46. The molecule has 0 aliphatic rings. The molecule has 0 amide bonds. The van der Waals surface area contributed by atoms with Crippen molar-refractivity contribution in [3.63, 3.8) is 0 Å². The van der Waals surface area contributed by atoms with Crippen LogP contribution in [0.3, 0.4) is 0 Å². The Morgan fingerprint density at radius 2 is 1.90 bits per heavy atom. The topological polar surface area (TPSA) is 29.9 Å². The summed E-state index contributed by atoms with van der Waals surface area (Å²) in [4.78, 5) is 0. The van der Waals surface area contributed by atoms with Gasteiger partial charge in [-0.2, -0.15) is 5.10 Å². The van der Waals surface area contributed by atoms with Crippen LogP contribution in [0.4, 0.5) is 5.69 Å². The van der Waals surface area contributed by atoms with Crippen molar-refractivity contribution in [1.29, 1.82) is 0 Å². The largest absolute Gasteiger partial charge is 0.378 e. The quantitative estimate of drug-likeness (QED) is 0.898. The lowest BCUT2D eigenvalue weighted by molar-refractivity contribution is 0.632. The zero-order chi connectivity index (χ0) is 14.9. The number of nitrogens with zero attached hydrogens (tertiary/aromatic N) is 2. The van der Waals surface area contributed by atoms with E-state index in [0.717, 1.165) is 12.2 Å². The van der Waals surface area contributed by atoms with Crippen molar-refractivity contribution in [2.45, 2.75) is 54.1 Å². The highest BCUT2D eigenvalue weighted by Gasteiger charge is 2.17. The Morgan fingerprint density at radius 1 is 1.20 bits per heavy atom. The summed E-state index contributed by atoms with van der Waals surface area (Å²) in [6, 6.07) is 6.78. The first-order chi connectivity index (χ1) is 9.43. The van der Waals surface area contributed by atoms with Crippen LogP contribution in [0.5, 0.6) is 0 Å². The van der Waals surface area contributed by atoms with Crippen molar-refractivity contribution >= 4 is 5.69 Å². The SMILES string of the molecule is CCn1nc(C)c(C(C)Nc2cc(C)ccc2C)c1C. The van der Waals surface area contributed by atoms with E-state index in [1.54, 1.807) is 0 Å². The minimum Gasteiger partial charge on any atom is -0.378 e. The first kappa shape index (κ1) is 14.6. The van der Waals surface area contributed by atoms with Gasteiger partial charge in [0, 0.05) is 23.5 Å². The molecule has 1 N–H and O–H groups in total. The van der Waals surface area contributed by atoms with Gasteiger partial charge in [-0.15, -0.1) is 0 Å². The van der Waals surface area contributed by atoms with Gasteiger partial charge in [0.2, 0.25) is 0 Å². The molecule has 0 saturated heterocycles. The van der Waals surface area contributed by atoms with Crippen molar-refractivity contribution in [2.24, 2.45) is 0 Å². The van der Waals surface area contributed by atoms with Crippen LogP contribution in [0.25, 0.3) is 0 Å². The monoisotopic (exact) mass is 271 g/mol. The Hall–Kier alpha value is -1.77. The summed E-state index contributed by atoms with van der Waals surface area (Å²) in [5, 5.41) is 8.24. The normalized spacial score (nSPS) is 12.5. The number of rotatable bonds is 4. The summed E-state index contributed by atoms with van der Waals surface area (Å²) in [6.45, 7) is 13.8. The molecule has 2 rings (SSSR count). The smallest absolute Gasteiger partial charge is 0.0649 e. The van der Waals surface area contributed by atoms with E-state index in [1.165, 1.54) is 28.1 Å². The molecule has 1 atom stereocenters. The molecular formula is C17H25N3. The number of hydrogen-bond donors (Lipinski definition) is 1. The molecule has 1 aromatic heterocycles. The van der Waals surface area contributed by atoms with E-state index in [4.69, 9.17) is 0 Å². The van der Waals surface area contributed by atoms with E-state index in [-0.39, 0.29) is 6.04 Å². The van der Waals surface area contributed by atoms with Crippen molar-refractivity contribution in [3.05, 3.63) is 46.3 Å². The second kappa shape index (κ2) is 5.70. The lowest BCUT2D eigenvalue weighted by Crippen LogP contribution is -2.10. The third-order valence-corrected chi connectivity index (χ3v) is 3.94. The maximum absolute atomic E-state index is 4.61. The summed E-state index contributed by atoms with van der Waals surface area (Å²) < 4.78 is 2.08. The molecule has 108 valence electrons. The molecule has 0 aliphatic carbocycles. The summed E-state index contributed by atoms with van der Waals surface area (Å²) in [6.07, 6.45) is 0. The molecular weight excluding hydrogens is 246 g/mol. The van der Waals surface area contributed by atoms with Crippen LogP contribution in [-0.4, -0.2) is 9.78 Å². The van der Waals surface area contributed by atoms with Gasteiger partial charge >= 0.3 is 0 Å². The van der Waals surface area contributed by atoms with E-state index >= 15 is 0 Å². The molecule has 0 bridgehead atoms. The van der Waals surface area contributed by atoms with Crippen LogP contribution in [-0.2, 0) is 6.54 Å². The maximum atomic E-state index is 4.61. The molecule has 0 radical (unpaired) electrons. The number of nitrogens with one attached hydrogen (secondary N) is 1. The first-order valence-corrected chi connectivity index (χ1v) is 7.31. The number of anilines is 1. The Bertz CT molecular complexity index is 611. The average molecular weight is 271 g/mol. The number of hydrogen-bond acceptors (Lipinski definition) is 2. The fourth-order valence-electron chi connectivity index (χ4n) is 2.84. The molecule has 3 heteroatoms. The lowest BCUT2D eigenvalue weighted by Gasteiger charge is -2.18. The van der Waals surface area contributed by atoms with Crippen molar-refractivity contribution in [1.82, 2.24) is 9.78 Å². The Labute approximate surface area is 122 Å². The molecule has 0 aliphatic heterocycles. The Balaban J connectivity index is 2.30. The standard InChI is InChI=1S/C17H25N3/c1-7-20-15(6)17(14(5)19-20)13(4)18-16-10-11(2)8-9-12(16)3/h8-10,13,18H,7H2,1-6H3. The number of aromatic nitrogens is 2. The van der Waals surface area contributed by atoms with Gasteiger partial charge in [-0.25, -0.2) is 0 Å². The predicted molar refractivity (Wildman–Crippen MR) is 85.3 cm³/mol. The zero-order valence-corrected chi connectivity index (χ0v) is 13.4. The van der Waals surface area contributed by atoms with E-state index < -0.39 is 0 Å². The summed E-state index contributed by atoms with van der Waals surface area (Å²) >= 11 is 0. The minimum atomic E-state index is 0.260. The predicted octanol–water partition coefficient (Wildman–Crippen LogP) is 4.31. The number of benzene rings is 1.